The maximum Gasteiger partial charge on any atom is 0.0555 e. The van der Waals surface area contributed by atoms with Crippen LogP contribution in [0.5, 0.6) is 0 Å². The summed E-state index contributed by atoms with van der Waals surface area (Å²) in [5, 5.41) is 3.16. The van der Waals surface area contributed by atoms with Crippen LogP contribution in [0.1, 0.15) is 22.7 Å². The van der Waals surface area contributed by atoms with Gasteiger partial charge in [-0.25, -0.2) is 0 Å². The lowest BCUT2D eigenvalue weighted by molar-refractivity contribution is 0.777. The van der Waals surface area contributed by atoms with Gasteiger partial charge in [-0.05, 0) is 35.9 Å². The van der Waals surface area contributed by atoms with Crippen molar-refractivity contribution in [2.75, 3.05) is 7.05 Å². The van der Waals surface area contributed by atoms with Crippen molar-refractivity contribution in [1.29, 1.82) is 0 Å². The minimum Gasteiger partial charge on any atom is -0.320 e. The van der Waals surface area contributed by atoms with Gasteiger partial charge < -0.3 is 11.1 Å². The summed E-state index contributed by atoms with van der Waals surface area (Å²) in [5.41, 5.74) is 9.77. The van der Waals surface area contributed by atoms with Crippen LogP contribution in [-0.2, 0) is 6.54 Å². The fourth-order valence-electron chi connectivity index (χ4n) is 1.94. The second kappa shape index (κ2) is 10.9. The molecule has 0 saturated carbocycles. The van der Waals surface area contributed by atoms with E-state index in [9.17, 15) is 0 Å². The van der Waals surface area contributed by atoms with Crippen LogP contribution in [0, 0.1) is 0 Å². The average Bonchev–Trinajstić information content (AvgIpc) is 2.40. The Labute approximate surface area is 138 Å². The van der Waals surface area contributed by atoms with E-state index in [0.29, 0.717) is 0 Å². The first-order valence-electron chi connectivity index (χ1n) is 5.71. The molecule has 2 rings (SSSR count). The number of hydrogen-bond donors (Lipinski definition) is 2. The quantitative estimate of drug-likeness (QED) is 0.902. The normalized spacial score (nSPS) is 10.5. The lowest BCUT2D eigenvalue weighted by Gasteiger charge is -2.16. The Morgan fingerprint density at radius 2 is 1.65 bits per heavy atom. The molecule has 0 aliphatic carbocycles. The van der Waals surface area contributed by atoms with E-state index < -0.39 is 0 Å². The lowest BCUT2D eigenvalue weighted by Crippen LogP contribution is -2.16. The average molecular weight is 337 g/mol. The molecule has 0 aliphatic rings. The van der Waals surface area contributed by atoms with E-state index in [1.165, 1.54) is 5.56 Å². The van der Waals surface area contributed by atoms with Crippen molar-refractivity contribution in [1.82, 2.24) is 10.3 Å². The highest BCUT2D eigenvalue weighted by Crippen LogP contribution is 2.22. The van der Waals surface area contributed by atoms with E-state index in [4.69, 9.17) is 5.73 Å². The molecule has 1 heterocycles. The summed E-state index contributed by atoms with van der Waals surface area (Å²) < 4.78 is 0. The molecule has 1 atom stereocenters. The van der Waals surface area contributed by atoms with Gasteiger partial charge in [0.25, 0.3) is 0 Å². The molecule has 0 radical (unpaired) electrons. The summed E-state index contributed by atoms with van der Waals surface area (Å²) in [6.07, 6.45) is 3.55. The van der Waals surface area contributed by atoms with Gasteiger partial charge in [-0.3, -0.25) is 4.98 Å². The number of nitrogens with one attached hydrogen (secondary N) is 1. The lowest BCUT2D eigenvalue weighted by atomic mass is 9.96. The van der Waals surface area contributed by atoms with Crippen LogP contribution in [0.3, 0.4) is 0 Å². The number of nitrogens with zero attached hydrogens (tertiary/aromatic N) is 1. The third-order valence-electron chi connectivity index (χ3n) is 2.82. The molecule has 0 aliphatic heterocycles. The smallest absolute Gasteiger partial charge is 0.0555 e. The van der Waals surface area contributed by atoms with Gasteiger partial charge in [0.05, 0.1) is 6.04 Å². The first kappa shape index (κ1) is 21.5. The SMILES string of the molecule is CNCc1ccccc1C(N)c1ccncc1.Cl.Cl.Cl. The van der Waals surface area contributed by atoms with E-state index >= 15 is 0 Å². The molecule has 0 amide bonds. The number of hydrogen-bond acceptors (Lipinski definition) is 3. The highest BCUT2D eigenvalue weighted by Gasteiger charge is 2.11. The Kier molecular flexibility index (Phi) is 11.7. The molecule has 0 bridgehead atoms. The van der Waals surface area contributed by atoms with Gasteiger partial charge in [-0.15, -0.1) is 37.2 Å². The Hall–Kier alpha value is -0.840. The van der Waals surface area contributed by atoms with Gasteiger partial charge in [0.1, 0.15) is 0 Å². The second-order valence-electron chi connectivity index (χ2n) is 3.99. The second-order valence-corrected chi connectivity index (χ2v) is 3.99. The van der Waals surface area contributed by atoms with Crippen LogP contribution >= 0.6 is 37.2 Å². The Balaban J connectivity index is 0. The van der Waals surface area contributed by atoms with Crippen LogP contribution < -0.4 is 11.1 Å². The Bertz CT molecular complexity index is 480. The minimum absolute atomic E-state index is 0. The van der Waals surface area contributed by atoms with Gasteiger partial charge in [0.2, 0.25) is 0 Å². The topological polar surface area (TPSA) is 50.9 Å². The number of rotatable bonds is 4. The number of pyridine rings is 1. The summed E-state index contributed by atoms with van der Waals surface area (Å²) in [6, 6.07) is 12.1. The molecule has 1 aromatic heterocycles. The Morgan fingerprint density at radius 3 is 2.25 bits per heavy atom. The molecule has 3 N–H and O–H groups in total. The molecule has 1 unspecified atom stereocenters. The van der Waals surface area contributed by atoms with Crippen molar-refractivity contribution >= 4 is 37.2 Å². The van der Waals surface area contributed by atoms with Gasteiger partial charge in [-0.2, -0.15) is 0 Å². The van der Waals surface area contributed by atoms with E-state index in [1.807, 2.05) is 31.3 Å². The Morgan fingerprint density at radius 1 is 1.05 bits per heavy atom. The molecule has 0 saturated heterocycles. The van der Waals surface area contributed by atoms with Crippen molar-refractivity contribution in [3.63, 3.8) is 0 Å². The molecule has 112 valence electrons. The summed E-state index contributed by atoms with van der Waals surface area (Å²) in [6.45, 7) is 0.828. The van der Waals surface area contributed by atoms with E-state index in [-0.39, 0.29) is 43.3 Å². The van der Waals surface area contributed by atoms with Gasteiger partial charge in [0, 0.05) is 18.9 Å². The molecule has 0 fully saturated rings. The third-order valence-corrected chi connectivity index (χ3v) is 2.82. The summed E-state index contributed by atoms with van der Waals surface area (Å²) in [7, 11) is 1.94. The summed E-state index contributed by atoms with van der Waals surface area (Å²) in [4.78, 5) is 4.01. The van der Waals surface area contributed by atoms with Crippen molar-refractivity contribution in [3.05, 3.63) is 65.5 Å². The molecular formula is C14H20Cl3N3. The maximum atomic E-state index is 6.29. The summed E-state index contributed by atoms with van der Waals surface area (Å²) in [5.74, 6) is 0. The number of halogens is 3. The molecular weight excluding hydrogens is 317 g/mol. The fourth-order valence-corrected chi connectivity index (χ4v) is 1.94. The predicted molar refractivity (Wildman–Crippen MR) is 91.2 cm³/mol. The number of benzene rings is 1. The van der Waals surface area contributed by atoms with Gasteiger partial charge in [-0.1, -0.05) is 24.3 Å². The zero-order valence-corrected chi connectivity index (χ0v) is 13.6. The molecule has 6 heteroatoms. The first-order chi connectivity index (χ1) is 8.33. The predicted octanol–water partition coefficient (Wildman–Crippen LogP) is 3.11. The largest absolute Gasteiger partial charge is 0.320 e. The van der Waals surface area contributed by atoms with E-state index in [2.05, 4.69) is 22.4 Å². The van der Waals surface area contributed by atoms with Crippen molar-refractivity contribution < 1.29 is 0 Å². The molecule has 0 spiro atoms. The highest BCUT2D eigenvalue weighted by molar-refractivity contribution is 5.86. The zero-order chi connectivity index (χ0) is 12.1. The fraction of sp³-hybridized carbons (Fsp3) is 0.214. The van der Waals surface area contributed by atoms with Crippen molar-refractivity contribution in [3.8, 4) is 0 Å². The van der Waals surface area contributed by atoms with Crippen LogP contribution in [0.4, 0.5) is 0 Å². The molecule has 1 aromatic carbocycles. The van der Waals surface area contributed by atoms with Crippen LogP contribution in [0.2, 0.25) is 0 Å². The first-order valence-corrected chi connectivity index (χ1v) is 5.71. The van der Waals surface area contributed by atoms with Crippen LogP contribution in [0.25, 0.3) is 0 Å². The molecule has 2 aromatic rings. The van der Waals surface area contributed by atoms with Crippen LogP contribution in [0.15, 0.2) is 48.8 Å². The van der Waals surface area contributed by atoms with Crippen LogP contribution in [-0.4, -0.2) is 12.0 Å². The highest BCUT2D eigenvalue weighted by atomic mass is 35.5. The maximum absolute atomic E-state index is 6.29. The number of aromatic nitrogens is 1. The third kappa shape index (κ3) is 5.27. The standard InChI is InChI=1S/C14H17N3.3ClH/c1-16-10-12-4-2-3-5-13(12)14(15)11-6-8-17-9-7-11;;;/h2-9,14,16H,10,15H2,1H3;3*1H. The monoisotopic (exact) mass is 335 g/mol. The van der Waals surface area contributed by atoms with Crippen molar-refractivity contribution in [2.24, 2.45) is 5.73 Å². The summed E-state index contributed by atoms with van der Waals surface area (Å²) >= 11 is 0. The number of nitrogens with two attached hydrogens (primary N) is 1. The van der Waals surface area contributed by atoms with Gasteiger partial charge >= 0.3 is 0 Å². The minimum atomic E-state index is -0.0949. The molecule has 20 heavy (non-hydrogen) atoms. The van der Waals surface area contributed by atoms with Crippen molar-refractivity contribution in [2.45, 2.75) is 12.6 Å². The van der Waals surface area contributed by atoms with E-state index in [1.54, 1.807) is 12.4 Å². The van der Waals surface area contributed by atoms with E-state index in [0.717, 1.165) is 17.7 Å². The van der Waals surface area contributed by atoms with Gasteiger partial charge in [0.15, 0.2) is 0 Å². The molecule has 3 nitrogen and oxygen atoms in total. The zero-order valence-electron chi connectivity index (χ0n) is 11.2.